The molecule has 10 nitrogen and oxygen atoms in total. The average Bonchev–Trinajstić information content (AvgIpc) is 3.45. The Morgan fingerprint density at radius 2 is 1.86 bits per heavy atom. The second kappa shape index (κ2) is 12.3. The molecular weight excluding hydrogens is 616 g/mol. The molecular formula is C39H66N6O4. The number of hydrogen-bond donors (Lipinski definition) is 3. The molecule has 1 aromatic heterocycles. The van der Waals surface area contributed by atoms with E-state index in [1.165, 1.54) is 5.57 Å². The van der Waals surface area contributed by atoms with Crippen LogP contribution in [-0.4, -0.2) is 69.8 Å². The second-order valence-electron chi connectivity index (χ2n) is 19.3. The lowest BCUT2D eigenvalue weighted by atomic mass is 9.34. The fourth-order valence-corrected chi connectivity index (χ4v) is 12.5. The Kier molecular flexibility index (Phi) is 9.21. The minimum atomic E-state index is -0.633. The first-order valence-corrected chi connectivity index (χ1v) is 19.2. The summed E-state index contributed by atoms with van der Waals surface area (Å²) in [6.45, 7) is 27.8. The van der Waals surface area contributed by atoms with Gasteiger partial charge in [0, 0.05) is 11.5 Å². The van der Waals surface area contributed by atoms with Crippen molar-refractivity contribution in [2.24, 2.45) is 62.1 Å². The molecule has 0 aromatic carbocycles. The van der Waals surface area contributed by atoms with Crippen LogP contribution in [0, 0.1) is 62.1 Å². The van der Waals surface area contributed by atoms with Crippen LogP contribution in [0.5, 0.6) is 0 Å². The van der Waals surface area contributed by atoms with E-state index in [-0.39, 0.29) is 57.1 Å². The zero-order valence-corrected chi connectivity index (χ0v) is 32.3. The van der Waals surface area contributed by atoms with Crippen molar-refractivity contribution in [1.29, 1.82) is 0 Å². The van der Waals surface area contributed by atoms with Gasteiger partial charge in [-0.3, -0.25) is 4.79 Å². The van der Waals surface area contributed by atoms with Gasteiger partial charge >= 0.3 is 5.97 Å². The number of carboxylic acid groups (broad SMARTS) is 1. The van der Waals surface area contributed by atoms with Gasteiger partial charge in [0.2, 0.25) is 0 Å². The highest BCUT2D eigenvalue weighted by atomic mass is 16.5. The molecule has 4 fully saturated rings. The molecule has 0 radical (unpaired) electrons. The Hall–Kier alpha value is -2.04. The van der Waals surface area contributed by atoms with Gasteiger partial charge in [-0.25, -0.2) is 0 Å². The van der Waals surface area contributed by atoms with Crippen molar-refractivity contribution in [2.75, 3.05) is 32.1 Å². The SMILES string of the molecule is CCN[C@@H](CO[C@H]1[C@H](n2nnc(N)n2)C[C@]2(C)COC[C@@]13C1=CC[C@@]4(C)[C@H](C(=O)O)[C@@](C)([C@H](C)C(C)C)CC[C@]4(C)[C@H]1CC[C@H]23)C(C)(C)C. The maximum absolute atomic E-state index is 13.5. The molecule has 49 heavy (non-hydrogen) atoms. The Morgan fingerprint density at radius 1 is 1.14 bits per heavy atom. The molecule has 6 rings (SSSR count). The largest absolute Gasteiger partial charge is 0.481 e. The highest BCUT2D eigenvalue weighted by Gasteiger charge is 2.72. The number of rotatable bonds is 9. The number of tetrazole rings is 1. The number of anilines is 1. The molecule has 2 bridgehead atoms. The number of nitrogens with zero attached hydrogens (tertiary/aromatic N) is 4. The van der Waals surface area contributed by atoms with E-state index in [4.69, 9.17) is 15.2 Å². The lowest BCUT2D eigenvalue weighted by Gasteiger charge is -2.71. The Morgan fingerprint density at radius 3 is 2.45 bits per heavy atom. The summed E-state index contributed by atoms with van der Waals surface area (Å²) in [6, 6.07) is -0.0123. The third kappa shape index (κ3) is 5.34. The monoisotopic (exact) mass is 683 g/mol. The molecule has 1 saturated heterocycles. The van der Waals surface area contributed by atoms with Crippen LogP contribution in [0.25, 0.3) is 0 Å². The number of allylic oxidation sites excluding steroid dienone is 1. The molecule has 3 saturated carbocycles. The van der Waals surface area contributed by atoms with Crippen molar-refractivity contribution in [3.63, 3.8) is 0 Å². The summed E-state index contributed by atoms with van der Waals surface area (Å²) in [5, 5.41) is 28.0. The number of nitrogens with two attached hydrogens (primary N) is 1. The number of aliphatic carboxylic acids is 1. The first-order valence-electron chi connectivity index (χ1n) is 19.2. The quantitative estimate of drug-likeness (QED) is 0.240. The summed E-state index contributed by atoms with van der Waals surface area (Å²) in [5.74, 6) is 0.422. The highest BCUT2D eigenvalue weighted by Crippen LogP contribution is 2.75. The molecule has 0 unspecified atom stereocenters. The topological polar surface area (TPSA) is 137 Å². The number of likely N-dealkylation sites (N-methyl/N-ethyl adjacent to an activating group) is 1. The van der Waals surface area contributed by atoms with Crippen LogP contribution in [0.3, 0.4) is 0 Å². The van der Waals surface area contributed by atoms with E-state index in [2.05, 4.69) is 103 Å². The van der Waals surface area contributed by atoms with Crippen molar-refractivity contribution in [1.82, 2.24) is 25.5 Å². The standard InChI is InChI=1S/C39H66N6O4/c1-12-41-29(34(5,6)7)20-49-31-27(45-43-33(40)42-44-45)19-35(8)21-48-22-39(31)26-15-16-38(11)30(32(46)47)36(9,24(4)23(2)3)17-18-37(38,10)25(26)13-14-28(35)39/h15,23-25,27-31,41H,12-14,16-22H2,1-11H3,(H2,40,43)(H,46,47)/t24-,25+,27-,28-,29+,30-,31+,35-,36-,37-,38+,39+/m1/s1. The van der Waals surface area contributed by atoms with Crippen LogP contribution in [0.2, 0.25) is 0 Å². The number of aromatic nitrogens is 4. The summed E-state index contributed by atoms with van der Waals surface area (Å²) in [7, 11) is 0. The van der Waals surface area contributed by atoms with Gasteiger partial charge in [0.05, 0.1) is 31.8 Å². The molecule has 2 heterocycles. The molecule has 1 aromatic rings. The van der Waals surface area contributed by atoms with Crippen LogP contribution < -0.4 is 11.1 Å². The van der Waals surface area contributed by atoms with Gasteiger partial charge in [-0.05, 0) is 101 Å². The summed E-state index contributed by atoms with van der Waals surface area (Å²) < 4.78 is 14.1. The molecule has 4 N–H and O–H groups in total. The van der Waals surface area contributed by atoms with Crippen LogP contribution in [0.4, 0.5) is 5.95 Å². The van der Waals surface area contributed by atoms with Crippen molar-refractivity contribution in [2.45, 2.75) is 133 Å². The summed E-state index contributed by atoms with van der Waals surface area (Å²) >= 11 is 0. The smallest absolute Gasteiger partial charge is 0.307 e. The zero-order chi connectivity index (χ0) is 35.9. The van der Waals surface area contributed by atoms with Gasteiger partial charge in [-0.1, -0.05) is 92.9 Å². The van der Waals surface area contributed by atoms with Crippen molar-refractivity contribution in [3.8, 4) is 0 Å². The predicted molar refractivity (Wildman–Crippen MR) is 191 cm³/mol. The normalized spacial score (nSPS) is 43.2. The second-order valence-corrected chi connectivity index (χ2v) is 19.3. The number of nitrogens with one attached hydrogen (secondary N) is 1. The predicted octanol–water partition coefficient (Wildman–Crippen LogP) is 6.79. The van der Waals surface area contributed by atoms with Crippen molar-refractivity contribution >= 4 is 11.9 Å². The molecule has 4 aliphatic carbocycles. The van der Waals surface area contributed by atoms with Gasteiger partial charge in [-0.15, -0.1) is 5.10 Å². The van der Waals surface area contributed by atoms with E-state index >= 15 is 0 Å². The van der Waals surface area contributed by atoms with E-state index in [9.17, 15) is 9.90 Å². The maximum atomic E-state index is 13.5. The van der Waals surface area contributed by atoms with Gasteiger partial charge in [-0.2, -0.15) is 4.80 Å². The van der Waals surface area contributed by atoms with Crippen molar-refractivity contribution in [3.05, 3.63) is 11.6 Å². The first kappa shape index (κ1) is 36.7. The first-order chi connectivity index (χ1) is 22.8. The van der Waals surface area contributed by atoms with Crippen LogP contribution in [0.1, 0.15) is 121 Å². The molecule has 0 spiro atoms. The number of hydrogen-bond acceptors (Lipinski definition) is 8. The molecule has 1 aliphatic heterocycles. The number of fused-ring (bicyclic) bond motifs is 3. The molecule has 0 amide bonds. The fourth-order valence-electron chi connectivity index (χ4n) is 12.5. The third-order valence-corrected chi connectivity index (χ3v) is 15.7. The molecule has 12 atom stereocenters. The molecule has 5 aliphatic rings. The summed E-state index contributed by atoms with van der Waals surface area (Å²) in [4.78, 5) is 15.3. The number of carbonyl (C=O) groups is 1. The van der Waals surface area contributed by atoms with E-state index in [0.29, 0.717) is 37.6 Å². The van der Waals surface area contributed by atoms with E-state index in [0.717, 1.165) is 45.1 Å². The van der Waals surface area contributed by atoms with Gasteiger partial charge in [0.15, 0.2) is 0 Å². The van der Waals surface area contributed by atoms with Gasteiger partial charge < -0.3 is 25.6 Å². The summed E-state index contributed by atoms with van der Waals surface area (Å²) in [6.07, 6.45) is 7.87. The fraction of sp³-hybridized carbons (Fsp3) is 0.897. The number of carboxylic acids is 1. The lowest BCUT2D eigenvalue weighted by Crippen LogP contribution is -2.70. The molecule has 276 valence electrons. The van der Waals surface area contributed by atoms with Crippen LogP contribution >= 0.6 is 0 Å². The minimum Gasteiger partial charge on any atom is -0.481 e. The Balaban J connectivity index is 1.50. The lowest BCUT2D eigenvalue weighted by molar-refractivity contribution is -0.254. The maximum Gasteiger partial charge on any atom is 0.307 e. The van der Waals surface area contributed by atoms with E-state index in [1.54, 1.807) is 4.80 Å². The average molecular weight is 683 g/mol. The Labute approximate surface area is 295 Å². The van der Waals surface area contributed by atoms with Crippen LogP contribution in [0.15, 0.2) is 11.6 Å². The van der Waals surface area contributed by atoms with Gasteiger partial charge in [0.1, 0.15) is 6.04 Å². The Bertz CT molecular complexity index is 1440. The number of ether oxygens (including phenoxy) is 2. The number of nitrogen functional groups attached to an aromatic ring is 1. The third-order valence-electron chi connectivity index (χ3n) is 15.7. The minimum absolute atomic E-state index is 0.00698. The molecule has 10 heteroatoms. The highest BCUT2D eigenvalue weighted by molar-refractivity contribution is 5.73. The summed E-state index contributed by atoms with van der Waals surface area (Å²) in [5.41, 5.74) is 6.17. The van der Waals surface area contributed by atoms with Gasteiger partial charge in [0.25, 0.3) is 5.95 Å². The van der Waals surface area contributed by atoms with E-state index in [1.807, 2.05) is 0 Å². The van der Waals surface area contributed by atoms with E-state index < -0.39 is 17.3 Å². The van der Waals surface area contributed by atoms with Crippen LogP contribution in [-0.2, 0) is 14.3 Å². The van der Waals surface area contributed by atoms with Crippen molar-refractivity contribution < 1.29 is 19.4 Å². The zero-order valence-electron chi connectivity index (χ0n) is 32.3.